The molecule has 1 unspecified atom stereocenters. The van der Waals surface area contributed by atoms with Crippen molar-refractivity contribution in [3.05, 3.63) is 36.0 Å². The van der Waals surface area contributed by atoms with Gasteiger partial charge in [-0.05, 0) is 42.5 Å². The minimum atomic E-state index is -0.740. The Labute approximate surface area is 101 Å². The molecule has 1 N–H and O–H groups in total. The van der Waals surface area contributed by atoms with E-state index < -0.39 is 5.97 Å². The molecule has 17 heavy (non-hydrogen) atoms. The van der Waals surface area contributed by atoms with Crippen LogP contribution in [0.15, 0.2) is 30.5 Å². The fraction of sp³-hybridized carbons (Fsp3) is 0.357. The number of carboxylic acid groups (broad SMARTS) is 1. The largest absolute Gasteiger partial charge is 0.481 e. The summed E-state index contributed by atoms with van der Waals surface area (Å²) < 4.78 is 2.18. The van der Waals surface area contributed by atoms with E-state index in [-0.39, 0.29) is 5.92 Å². The minimum Gasteiger partial charge on any atom is -0.481 e. The first-order chi connectivity index (χ1) is 8.11. The zero-order chi connectivity index (χ0) is 12.4. The van der Waals surface area contributed by atoms with E-state index in [1.807, 2.05) is 6.07 Å². The van der Waals surface area contributed by atoms with Crippen molar-refractivity contribution in [3.8, 4) is 0 Å². The molecule has 2 aromatic rings. The lowest BCUT2D eigenvalue weighted by Crippen LogP contribution is -2.12. The van der Waals surface area contributed by atoms with Crippen LogP contribution in [0.2, 0.25) is 0 Å². The molecule has 1 heterocycles. The van der Waals surface area contributed by atoms with E-state index >= 15 is 0 Å². The number of rotatable bonds is 4. The summed E-state index contributed by atoms with van der Waals surface area (Å²) in [4.78, 5) is 10.8. The van der Waals surface area contributed by atoms with E-state index in [1.54, 1.807) is 6.92 Å². The van der Waals surface area contributed by atoms with Gasteiger partial charge in [-0.3, -0.25) is 4.79 Å². The first kappa shape index (κ1) is 11.7. The second kappa shape index (κ2) is 4.62. The van der Waals surface area contributed by atoms with E-state index in [9.17, 15) is 4.79 Å². The number of aryl methyl sites for hydroxylation is 1. The molecule has 1 aromatic carbocycles. The third kappa shape index (κ3) is 2.33. The zero-order valence-corrected chi connectivity index (χ0v) is 10.2. The van der Waals surface area contributed by atoms with E-state index in [1.165, 1.54) is 10.9 Å². The number of benzene rings is 1. The van der Waals surface area contributed by atoms with Crippen LogP contribution in [0.3, 0.4) is 0 Å². The van der Waals surface area contributed by atoms with Crippen LogP contribution in [-0.4, -0.2) is 15.6 Å². The fourth-order valence-corrected chi connectivity index (χ4v) is 2.09. The van der Waals surface area contributed by atoms with Gasteiger partial charge >= 0.3 is 5.97 Å². The van der Waals surface area contributed by atoms with Crippen molar-refractivity contribution in [2.45, 2.75) is 26.8 Å². The fourth-order valence-electron chi connectivity index (χ4n) is 2.09. The van der Waals surface area contributed by atoms with Crippen molar-refractivity contribution in [1.82, 2.24) is 4.57 Å². The molecule has 3 heteroatoms. The number of aliphatic carboxylic acids is 1. The van der Waals surface area contributed by atoms with Crippen molar-refractivity contribution < 1.29 is 9.90 Å². The summed E-state index contributed by atoms with van der Waals surface area (Å²) in [5.74, 6) is -1.07. The molecule has 1 atom stereocenters. The Morgan fingerprint density at radius 1 is 1.41 bits per heavy atom. The Bertz CT molecular complexity index is 542. The van der Waals surface area contributed by atoms with Gasteiger partial charge in [-0.2, -0.15) is 0 Å². The molecule has 1 aromatic heterocycles. The number of fused-ring (bicyclic) bond motifs is 1. The van der Waals surface area contributed by atoms with Crippen LogP contribution in [0.5, 0.6) is 0 Å². The van der Waals surface area contributed by atoms with Crippen LogP contribution < -0.4 is 0 Å². The van der Waals surface area contributed by atoms with Gasteiger partial charge in [0, 0.05) is 18.3 Å². The molecule has 90 valence electrons. The third-order valence-corrected chi connectivity index (χ3v) is 3.14. The zero-order valence-electron chi connectivity index (χ0n) is 10.2. The van der Waals surface area contributed by atoms with Crippen molar-refractivity contribution in [3.63, 3.8) is 0 Å². The highest BCUT2D eigenvalue weighted by Gasteiger charge is 2.12. The van der Waals surface area contributed by atoms with Gasteiger partial charge in [0.05, 0.1) is 5.92 Å². The topological polar surface area (TPSA) is 42.2 Å². The molecule has 0 bridgehead atoms. The van der Waals surface area contributed by atoms with Crippen LogP contribution in [0.25, 0.3) is 10.9 Å². The monoisotopic (exact) mass is 231 g/mol. The van der Waals surface area contributed by atoms with Crippen molar-refractivity contribution in [1.29, 1.82) is 0 Å². The van der Waals surface area contributed by atoms with Crippen molar-refractivity contribution in [2.75, 3.05) is 0 Å². The molecule has 0 aliphatic rings. The SMILES string of the molecule is CCn1ccc2cc(CC(C)C(=O)O)ccc21. The highest BCUT2D eigenvalue weighted by molar-refractivity contribution is 5.81. The maximum atomic E-state index is 10.8. The first-order valence-corrected chi connectivity index (χ1v) is 5.92. The quantitative estimate of drug-likeness (QED) is 0.879. The minimum absolute atomic E-state index is 0.333. The Hall–Kier alpha value is -1.77. The molecule has 0 saturated heterocycles. The molecule has 0 spiro atoms. The summed E-state index contributed by atoms with van der Waals surface area (Å²) in [6.45, 7) is 4.80. The standard InChI is InChI=1S/C14H17NO2/c1-3-15-7-6-12-9-11(4-5-13(12)15)8-10(2)14(16)17/h4-7,9-10H,3,8H2,1-2H3,(H,16,17). The van der Waals surface area contributed by atoms with E-state index in [2.05, 4.69) is 35.9 Å². The Balaban J connectivity index is 2.29. The Kier molecular flexibility index (Phi) is 3.18. The van der Waals surface area contributed by atoms with Crippen molar-refractivity contribution >= 4 is 16.9 Å². The van der Waals surface area contributed by atoms with E-state index in [0.29, 0.717) is 6.42 Å². The number of aromatic nitrogens is 1. The molecule has 0 amide bonds. The number of nitrogens with zero attached hydrogens (tertiary/aromatic N) is 1. The summed E-state index contributed by atoms with van der Waals surface area (Å²) in [6, 6.07) is 8.26. The number of carboxylic acids is 1. The lowest BCUT2D eigenvalue weighted by molar-refractivity contribution is -0.141. The van der Waals surface area contributed by atoms with Crippen LogP contribution in [0.4, 0.5) is 0 Å². The molecular formula is C14H17NO2. The third-order valence-electron chi connectivity index (χ3n) is 3.14. The maximum Gasteiger partial charge on any atom is 0.306 e. The van der Waals surface area contributed by atoms with Crippen LogP contribution >= 0.6 is 0 Å². The Morgan fingerprint density at radius 3 is 2.82 bits per heavy atom. The summed E-state index contributed by atoms with van der Waals surface area (Å²) in [5, 5.41) is 10.1. The summed E-state index contributed by atoms with van der Waals surface area (Å²) in [5.41, 5.74) is 2.29. The Morgan fingerprint density at radius 2 is 2.18 bits per heavy atom. The predicted molar refractivity (Wildman–Crippen MR) is 68.1 cm³/mol. The lowest BCUT2D eigenvalue weighted by Gasteiger charge is -2.07. The predicted octanol–water partition coefficient (Wildman–Crippen LogP) is 2.92. The van der Waals surface area contributed by atoms with Gasteiger partial charge in [0.2, 0.25) is 0 Å². The molecule has 2 rings (SSSR count). The molecular weight excluding hydrogens is 214 g/mol. The molecule has 0 fully saturated rings. The van der Waals surface area contributed by atoms with Crippen LogP contribution in [0.1, 0.15) is 19.4 Å². The lowest BCUT2D eigenvalue weighted by atomic mass is 10.0. The number of hydrogen-bond acceptors (Lipinski definition) is 1. The highest BCUT2D eigenvalue weighted by atomic mass is 16.4. The second-order valence-electron chi connectivity index (χ2n) is 4.44. The smallest absolute Gasteiger partial charge is 0.306 e. The number of hydrogen-bond donors (Lipinski definition) is 1. The van der Waals surface area contributed by atoms with E-state index in [0.717, 1.165) is 12.1 Å². The molecule has 3 nitrogen and oxygen atoms in total. The average Bonchev–Trinajstić information content (AvgIpc) is 2.71. The molecule has 0 aliphatic heterocycles. The summed E-state index contributed by atoms with van der Waals surface area (Å²) >= 11 is 0. The molecule has 0 saturated carbocycles. The van der Waals surface area contributed by atoms with Gasteiger partial charge in [0.1, 0.15) is 0 Å². The van der Waals surface area contributed by atoms with Gasteiger partial charge in [0.15, 0.2) is 0 Å². The van der Waals surface area contributed by atoms with Gasteiger partial charge < -0.3 is 9.67 Å². The van der Waals surface area contributed by atoms with Gasteiger partial charge in [0.25, 0.3) is 0 Å². The molecule has 0 aliphatic carbocycles. The van der Waals surface area contributed by atoms with Gasteiger partial charge in [-0.1, -0.05) is 13.0 Å². The number of carbonyl (C=O) groups is 1. The second-order valence-corrected chi connectivity index (χ2v) is 4.44. The van der Waals surface area contributed by atoms with Crippen LogP contribution in [0, 0.1) is 5.92 Å². The highest BCUT2D eigenvalue weighted by Crippen LogP contribution is 2.19. The van der Waals surface area contributed by atoms with Gasteiger partial charge in [-0.25, -0.2) is 0 Å². The van der Waals surface area contributed by atoms with Crippen molar-refractivity contribution in [2.24, 2.45) is 5.92 Å². The van der Waals surface area contributed by atoms with E-state index in [4.69, 9.17) is 5.11 Å². The normalized spacial score (nSPS) is 12.8. The molecule has 0 radical (unpaired) electrons. The van der Waals surface area contributed by atoms with Gasteiger partial charge in [-0.15, -0.1) is 0 Å². The summed E-state index contributed by atoms with van der Waals surface area (Å²) in [7, 11) is 0. The maximum absolute atomic E-state index is 10.8. The summed E-state index contributed by atoms with van der Waals surface area (Å²) in [6.07, 6.45) is 2.65. The first-order valence-electron chi connectivity index (χ1n) is 5.92. The average molecular weight is 231 g/mol. The van der Waals surface area contributed by atoms with Crippen LogP contribution in [-0.2, 0) is 17.8 Å².